The summed E-state index contributed by atoms with van der Waals surface area (Å²) in [5, 5.41) is -0.458. The molecule has 0 aliphatic rings. The minimum absolute atomic E-state index is 0.322. The van der Waals surface area contributed by atoms with Crippen LogP contribution in [0.4, 0.5) is 0 Å². The van der Waals surface area contributed by atoms with Crippen LogP contribution in [-0.4, -0.2) is 45.9 Å². The SMILES string of the molecule is [2H]c1[nH]c2c([2H])c([2H])c(C([2H])([2H])S(=O)(=O)NC)c([2H])c2c1C([2H])([2H])CN(C)C([2H])([2H])[2H]. The van der Waals surface area contributed by atoms with Crippen LogP contribution < -0.4 is 4.72 Å². The highest BCUT2D eigenvalue weighted by atomic mass is 32.2. The summed E-state index contributed by atoms with van der Waals surface area (Å²) in [4.78, 5) is 3.09. The number of rotatable bonds is 6. The number of nitrogens with one attached hydrogen (secondary N) is 2. The highest BCUT2D eigenvalue weighted by Crippen LogP contribution is 2.21. The zero-order chi connectivity index (χ0) is 24.3. The molecule has 0 aliphatic heterocycles. The van der Waals surface area contributed by atoms with Gasteiger partial charge in [-0.3, -0.25) is 0 Å². The van der Waals surface area contributed by atoms with Gasteiger partial charge in [-0.2, -0.15) is 0 Å². The Morgan fingerprint density at radius 3 is 3.05 bits per heavy atom. The monoisotopic (exact) mass is 306 g/mol. The molecule has 2 N–H and O–H groups in total. The van der Waals surface area contributed by atoms with Gasteiger partial charge in [-0.15, -0.1) is 0 Å². The molecule has 1 aromatic heterocycles. The minimum atomic E-state index is -4.73. The summed E-state index contributed by atoms with van der Waals surface area (Å²) in [6.07, 6.45) is -3.16. The molecule has 0 spiro atoms. The quantitative estimate of drug-likeness (QED) is 0.846. The molecule has 0 radical (unpaired) electrons. The Hall–Kier alpha value is -1.37. The number of aromatic amines is 1. The maximum Gasteiger partial charge on any atom is 0.215 e. The second kappa shape index (κ2) is 5.95. The van der Waals surface area contributed by atoms with Gasteiger partial charge >= 0.3 is 0 Å². The molecule has 5 nitrogen and oxygen atoms in total. The van der Waals surface area contributed by atoms with Gasteiger partial charge in [-0.1, -0.05) is 6.04 Å². The molecule has 0 atom stereocenters. The van der Waals surface area contributed by atoms with Crippen LogP contribution in [0.2, 0.25) is 0 Å². The van der Waals surface area contributed by atoms with Gasteiger partial charge in [0, 0.05) is 33.2 Å². The molecule has 0 unspecified atom stereocenters. The van der Waals surface area contributed by atoms with Crippen LogP contribution >= 0.6 is 0 Å². The van der Waals surface area contributed by atoms with E-state index in [0.717, 1.165) is 14.1 Å². The van der Waals surface area contributed by atoms with E-state index >= 15 is 0 Å². The van der Waals surface area contributed by atoms with Gasteiger partial charge in [-0.25, -0.2) is 13.1 Å². The normalized spacial score (nSPS) is 22.4. The molecule has 1 heterocycles. The number of hydrogen-bond donors (Lipinski definition) is 2. The lowest BCUT2D eigenvalue weighted by Gasteiger charge is -2.08. The summed E-state index contributed by atoms with van der Waals surface area (Å²) >= 11 is 0. The van der Waals surface area contributed by atoms with Gasteiger partial charge in [0.15, 0.2) is 0 Å². The average Bonchev–Trinajstić information content (AvgIpc) is 2.97. The van der Waals surface area contributed by atoms with Crippen molar-refractivity contribution in [2.75, 3.05) is 27.6 Å². The molecule has 6 heteroatoms. The molecular weight excluding hydrogens is 274 g/mol. The highest BCUT2D eigenvalue weighted by Gasteiger charge is 2.11. The van der Waals surface area contributed by atoms with E-state index in [1.165, 1.54) is 0 Å². The van der Waals surface area contributed by atoms with Crippen molar-refractivity contribution < 1.29 is 23.5 Å². The minimum Gasteiger partial charge on any atom is -0.361 e. The van der Waals surface area contributed by atoms with Crippen molar-refractivity contribution in [3.8, 4) is 0 Å². The molecule has 0 bridgehead atoms. The van der Waals surface area contributed by atoms with E-state index in [4.69, 9.17) is 15.1 Å². The van der Waals surface area contributed by atoms with Gasteiger partial charge in [0.2, 0.25) is 10.0 Å². The largest absolute Gasteiger partial charge is 0.361 e. The number of benzene rings is 1. The Balaban J connectivity index is 2.93. The summed E-state index contributed by atoms with van der Waals surface area (Å²) in [5.74, 6) is 0. The van der Waals surface area contributed by atoms with Gasteiger partial charge in [-0.05, 0) is 50.7 Å². The highest BCUT2D eigenvalue weighted by molar-refractivity contribution is 7.88. The first-order valence-electron chi connectivity index (χ1n) is 11.1. The Labute approximate surface area is 135 Å². The standard InChI is InChI=1S/C14H21N3O2S/c1-15-20(18,19)10-11-4-5-14-13(8-11)12(9-16-14)6-7-17(2)3/h4-5,8-9,15-16H,6-7,10H2,1-3H3/i2D3,4D,5D,6D2,8D,9D,10D2. The fraction of sp³-hybridized carbons (Fsp3) is 0.429. The van der Waals surface area contributed by atoms with Crippen molar-refractivity contribution in [2.24, 2.45) is 0 Å². The summed E-state index contributed by atoms with van der Waals surface area (Å²) in [6.45, 7) is -3.40. The van der Waals surface area contributed by atoms with Crippen molar-refractivity contribution in [1.29, 1.82) is 0 Å². The van der Waals surface area contributed by atoms with Gasteiger partial charge in [0.25, 0.3) is 0 Å². The molecule has 20 heavy (non-hydrogen) atoms. The lowest BCUT2D eigenvalue weighted by Crippen LogP contribution is -2.20. The predicted octanol–water partition coefficient (Wildman–Crippen LogP) is 1.32. The van der Waals surface area contributed by atoms with Crippen LogP contribution in [0.15, 0.2) is 24.3 Å². The van der Waals surface area contributed by atoms with Crippen LogP contribution in [0.3, 0.4) is 0 Å². The Kier molecular flexibility index (Phi) is 1.84. The Morgan fingerprint density at radius 1 is 1.55 bits per heavy atom. The third-order valence-corrected chi connectivity index (χ3v) is 3.38. The summed E-state index contributed by atoms with van der Waals surface area (Å²) in [5.41, 5.74) is -5.16. The van der Waals surface area contributed by atoms with E-state index in [-0.39, 0.29) is 5.52 Å². The Morgan fingerprint density at radius 2 is 2.35 bits per heavy atom. The molecule has 110 valence electrons. The van der Waals surface area contributed by atoms with E-state index in [9.17, 15) is 8.42 Å². The van der Waals surface area contributed by atoms with Crippen LogP contribution in [-0.2, 0) is 22.1 Å². The maximum absolute atomic E-state index is 12.2. The second-order valence-electron chi connectivity index (χ2n) is 3.97. The average molecular weight is 306 g/mol. The number of sulfonamides is 1. The zero-order valence-electron chi connectivity index (χ0n) is 21.9. The molecule has 2 aromatic rings. The van der Waals surface area contributed by atoms with Crippen LogP contribution in [0, 0.1) is 0 Å². The number of H-pyrrole nitrogens is 1. The summed E-state index contributed by atoms with van der Waals surface area (Å²) in [7, 11) is -2.67. The molecule has 2 rings (SSSR count). The topological polar surface area (TPSA) is 65.2 Å². The molecule has 0 fully saturated rings. The van der Waals surface area contributed by atoms with Gasteiger partial charge < -0.3 is 9.88 Å². The first kappa shape index (κ1) is 6.17. The first-order chi connectivity index (χ1) is 13.8. The van der Waals surface area contributed by atoms with E-state index in [2.05, 4.69) is 4.98 Å². The van der Waals surface area contributed by atoms with Gasteiger partial charge in [0.05, 0.1) is 11.2 Å². The molecule has 0 aliphatic carbocycles. The van der Waals surface area contributed by atoms with Crippen LogP contribution in [0.25, 0.3) is 10.9 Å². The molecule has 0 saturated heterocycles. The van der Waals surface area contributed by atoms with E-state index < -0.39 is 76.4 Å². The molecular formula is C14H21N3O2S. The number of fused-ring (bicyclic) bond motifs is 1. The number of aromatic nitrogens is 1. The third-order valence-electron chi connectivity index (χ3n) is 2.37. The Bertz CT molecular complexity index is 1130. The fourth-order valence-corrected chi connectivity index (χ4v) is 1.91. The number of likely N-dealkylation sites (N-methyl/N-ethyl adjacent to an activating group) is 1. The second-order valence-corrected chi connectivity index (χ2v) is 5.59. The van der Waals surface area contributed by atoms with Crippen molar-refractivity contribution >= 4 is 20.9 Å². The predicted molar refractivity (Wildman–Crippen MR) is 82.2 cm³/mol. The van der Waals surface area contributed by atoms with E-state index in [0.29, 0.717) is 4.90 Å². The maximum atomic E-state index is 12.2. The van der Waals surface area contributed by atoms with Crippen molar-refractivity contribution in [2.45, 2.75) is 12.1 Å². The van der Waals surface area contributed by atoms with Crippen molar-refractivity contribution in [3.05, 3.63) is 35.4 Å². The first-order valence-corrected chi connectivity index (χ1v) is 7.07. The third kappa shape index (κ3) is 3.59. The lowest BCUT2D eigenvalue weighted by molar-refractivity contribution is 0.414. The van der Waals surface area contributed by atoms with Crippen molar-refractivity contribution in [1.82, 2.24) is 14.6 Å². The summed E-state index contributed by atoms with van der Waals surface area (Å²) in [6, 6.07) is -2.52. The van der Waals surface area contributed by atoms with Crippen LogP contribution in [0.1, 0.15) is 26.2 Å². The summed E-state index contributed by atoms with van der Waals surface area (Å²) < 4.78 is 114. The van der Waals surface area contributed by atoms with E-state index in [1.807, 2.05) is 0 Å². The smallest absolute Gasteiger partial charge is 0.215 e. The molecule has 1 aromatic carbocycles. The number of nitrogens with zero attached hydrogens (tertiary/aromatic N) is 1. The molecule has 0 saturated carbocycles. The van der Waals surface area contributed by atoms with E-state index in [1.54, 1.807) is 4.72 Å². The van der Waals surface area contributed by atoms with Gasteiger partial charge in [0.1, 0.15) is 0 Å². The number of hydrogen-bond acceptors (Lipinski definition) is 3. The fourth-order valence-electron chi connectivity index (χ4n) is 1.44. The zero-order valence-corrected chi connectivity index (χ0v) is 11.7. The van der Waals surface area contributed by atoms with Crippen molar-refractivity contribution in [3.63, 3.8) is 0 Å². The lowest BCUT2D eigenvalue weighted by atomic mass is 10.1. The molecule has 0 amide bonds. The van der Waals surface area contributed by atoms with Crippen LogP contribution in [0.5, 0.6) is 0 Å².